The Bertz CT molecular complexity index is 1690. The molecule has 0 saturated carbocycles. The molecule has 3 aromatic carbocycles. The molecule has 0 radical (unpaired) electrons. The maximum atomic E-state index is 13.3. The van der Waals surface area contributed by atoms with Crippen LogP contribution in [0, 0.1) is 20.9 Å². The largest absolute Gasteiger partial charge is 0.465 e. The zero-order valence-corrected chi connectivity index (χ0v) is 34.4. The number of rotatable bonds is 26. The lowest BCUT2D eigenvalue weighted by atomic mass is 9.72. The third kappa shape index (κ3) is 15.6. The van der Waals surface area contributed by atoms with Gasteiger partial charge in [0.2, 0.25) is 0 Å². The Morgan fingerprint density at radius 2 is 1.05 bits per heavy atom. The first kappa shape index (κ1) is 45.4. The van der Waals surface area contributed by atoms with Gasteiger partial charge in [-0.25, -0.2) is 0 Å². The Morgan fingerprint density at radius 3 is 1.50 bits per heavy atom. The topological polar surface area (TPSA) is 148 Å². The van der Waals surface area contributed by atoms with Crippen molar-refractivity contribution in [2.75, 3.05) is 31.2 Å². The molecule has 0 aliphatic carbocycles. The molecule has 3 rings (SSSR count). The summed E-state index contributed by atoms with van der Waals surface area (Å²) in [5, 5.41) is 27.8. The van der Waals surface area contributed by atoms with Crippen LogP contribution in [0.25, 0.3) is 0 Å². The van der Waals surface area contributed by atoms with Gasteiger partial charge in [0.05, 0.1) is 51.7 Å². The molecular weight excluding hydrogens is 709 g/mol. The second kappa shape index (κ2) is 23.8. The van der Waals surface area contributed by atoms with Crippen molar-refractivity contribution in [2.45, 2.75) is 119 Å². The van der Waals surface area contributed by atoms with E-state index in [9.17, 15) is 19.7 Å². The smallest absolute Gasteiger partial charge is 0.311 e. The number of azo groups is 2. The number of carbonyl (C=O) groups is 2. The number of hydrogen-bond acceptors (Lipinski definition) is 11. The minimum Gasteiger partial charge on any atom is -0.465 e. The van der Waals surface area contributed by atoms with E-state index in [4.69, 9.17) is 9.47 Å². The number of ether oxygens (including phenoxy) is 2. The fourth-order valence-electron chi connectivity index (χ4n) is 6.42. The molecule has 3 aromatic rings. The summed E-state index contributed by atoms with van der Waals surface area (Å²) in [4.78, 5) is 38.9. The lowest BCUT2D eigenvalue weighted by molar-refractivity contribution is -0.384. The van der Waals surface area contributed by atoms with E-state index < -0.39 is 15.8 Å². The lowest BCUT2D eigenvalue weighted by Gasteiger charge is -2.34. The van der Waals surface area contributed by atoms with Gasteiger partial charge < -0.3 is 14.4 Å². The van der Waals surface area contributed by atoms with Crippen molar-refractivity contribution in [1.29, 1.82) is 0 Å². The number of nitrogens with zero attached hydrogens (tertiary/aromatic N) is 6. The van der Waals surface area contributed by atoms with Crippen molar-refractivity contribution >= 4 is 46.1 Å². The highest BCUT2D eigenvalue weighted by Gasteiger charge is 2.43. The van der Waals surface area contributed by atoms with Gasteiger partial charge in [-0.05, 0) is 108 Å². The summed E-state index contributed by atoms with van der Waals surface area (Å²) in [6.45, 7) is 13.7. The van der Waals surface area contributed by atoms with Gasteiger partial charge >= 0.3 is 11.9 Å². The van der Waals surface area contributed by atoms with Crippen molar-refractivity contribution in [3.8, 4) is 0 Å². The number of nitro groups is 1. The minimum atomic E-state index is -0.857. The summed E-state index contributed by atoms with van der Waals surface area (Å²) in [7, 11) is 0. The number of nitro benzene ring substituents is 1. The minimum absolute atomic E-state index is 0.00355. The fraction of sp³-hybridized carbons (Fsp3) is 0.545. The van der Waals surface area contributed by atoms with E-state index >= 15 is 0 Å². The molecule has 0 spiro atoms. The molecule has 0 heterocycles. The molecule has 0 N–H and O–H groups in total. The first-order valence-corrected chi connectivity index (χ1v) is 20.3. The van der Waals surface area contributed by atoms with Crippen molar-refractivity contribution in [3.63, 3.8) is 0 Å². The van der Waals surface area contributed by atoms with Gasteiger partial charge in [-0.15, -0.1) is 0 Å². The Kier molecular flexibility index (Phi) is 19.3. The van der Waals surface area contributed by atoms with Gasteiger partial charge in [0.1, 0.15) is 6.61 Å². The van der Waals surface area contributed by atoms with Crippen LogP contribution in [0.15, 0.2) is 93.3 Å². The SMILES string of the molecule is CCCCCCCCCCCCOC(=O)C(C)(CC)CC(C)(C)C(=O)OCCN(CC)c1ccc(/N=N/c2ccc(/N=N/c3ccc([N+](=O)[O-])cc3)cc2)cc1. The van der Waals surface area contributed by atoms with Crippen LogP contribution in [0.3, 0.4) is 0 Å². The molecule has 1 unspecified atom stereocenters. The molecule has 0 bridgehead atoms. The second-order valence-corrected chi connectivity index (χ2v) is 15.2. The van der Waals surface area contributed by atoms with E-state index in [0.717, 1.165) is 18.5 Å². The van der Waals surface area contributed by atoms with Crippen molar-refractivity contribution in [2.24, 2.45) is 31.3 Å². The molecular formula is C44H62N6O6. The number of unbranched alkanes of at least 4 members (excludes halogenated alkanes) is 9. The maximum absolute atomic E-state index is 13.3. The van der Waals surface area contributed by atoms with Crippen molar-refractivity contribution < 1.29 is 24.0 Å². The van der Waals surface area contributed by atoms with Gasteiger partial charge in [0.15, 0.2) is 0 Å². The number of benzene rings is 3. The van der Waals surface area contributed by atoms with E-state index in [0.29, 0.717) is 55.3 Å². The highest BCUT2D eigenvalue weighted by Crippen LogP contribution is 2.38. The van der Waals surface area contributed by atoms with Gasteiger partial charge in [0.25, 0.3) is 5.69 Å². The molecule has 0 saturated heterocycles. The summed E-state index contributed by atoms with van der Waals surface area (Å²) in [5.41, 5.74) is 1.77. The van der Waals surface area contributed by atoms with Crippen LogP contribution in [0.2, 0.25) is 0 Å². The summed E-state index contributed by atoms with van der Waals surface area (Å²) < 4.78 is 11.5. The summed E-state index contributed by atoms with van der Waals surface area (Å²) >= 11 is 0. The number of anilines is 1. The van der Waals surface area contributed by atoms with Gasteiger partial charge in [0, 0.05) is 24.4 Å². The monoisotopic (exact) mass is 770 g/mol. The lowest BCUT2D eigenvalue weighted by Crippen LogP contribution is -2.39. The molecule has 56 heavy (non-hydrogen) atoms. The predicted molar refractivity (Wildman–Crippen MR) is 223 cm³/mol. The van der Waals surface area contributed by atoms with Crippen LogP contribution in [-0.2, 0) is 19.1 Å². The zero-order chi connectivity index (χ0) is 40.8. The summed E-state index contributed by atoms with van der Waals surface area (Å²) in [6, 6.07) is 20.6. The third-order valence-electron chi connectivity index (χ3n) is 10.1. The van der Waals surface area contributed by atoms with Crippen molar-refractivity contribution in [3.05, 3.63) is 82.9 Å². The number of hydrogen-bond donors (Lipinski definition) is 0. The number of carbonyl (C=O) groups excluding carboxylic acids is 2. The Morgan fingerprint density at radius 1 is 0.625 bits per heavy atom. The second-order valence-electron chi connectivity index (χ2n) is 15.2. The molecule has 0 aliphatic heterocycles. The van der Waals surface area contributed by atoms with Crippen LogP contribution in [0.1, 0.15) is 119 Å². The molecule has 0 aliphatic rings. The number of likely N-dealkylation sites (N-methyl/N-ethyl adjacent to an activating group) is 1. The van der Waals surface area contributed by atoms with Crippen LogP contribution in [0.4, 0.5) is 34.1 Å². The van der Waals surface area contributed by atoms with Crippen LogP contribution < -0.4 is 4.90 Å². The number of non-ortho nitro benzene ring substituents is 1. The number of esters is 2. The molecule has 12 heteroatoms. The maximum Gasteiger partial charge on any atom is 0.311 e. The molecule has 12 nitrogen and oxygen atoms in total. The van der Waals surface area contributed by atoms with Crippen LogP contribution in [-0.4, -0.2) is 43.2 Å². The summed E-state index contributed by atoms with van der Waals surface area (Å²) in [5.74, 6) is -0.567. The van der Waals surface area contributed by atoms with E-state index in [1.807, 2.05) is 58.9 Å². The average molecular weight is 771 g/mol. The average Bonchev–Trinajstić information content (AvgIpc) is 3.20. The molecule has 0 amide bonds. The van der Waals surface area contributed by atoms with Crippen LogP contribution >= 0.6 is 0 Å². The summed E-state index contributed by atoms with van der Waals surface area (Å²) in [6.07, 6.45) is 13.2. The quantitative estimate of drug-likeness (QED) is 0.0259. The third-order valence-corrected chi connectivity index (χ3v) is 10.1. The Labute approximate surface area is 333 Å². The Balaban J connectivity index is 1.41. The predicted octanol–water partition coefficient (Wildman–Crippen LogP) is 13.1. The highest BCUT2D eigenvalue weighted by molar-refractivity contribution is 5.80. The fourth-order valence-corrected chi connectivity index (χ4v) is 6.42. The zero-order valence-electron chi connectivity index (χ0n) is 34.4. The Hall–Kier alpha value is -5.00. The molecule has 0 fully saturated rings. The van der Waals surface area contributed by atoms with Gasteiger partial charge in [-0.3, -0.25) is 19.7 Å². The van der Waals surface area contributed by atoms with Crippen molar-refractivity contribution in [1.82, 2.24) is 0 Å². The first-order chi connectivity index (χ1) is 26.9. The first-order valence-electron chi connectivity index (χ1n) is 20.3. The molecule has 1 atom stereocenters. The van der Waals surface area contributed by atoms with Crippen LogP contribution in [0.5, 0.6) is 0 Å². The van der Waals surface area contributed by atoms with E-state index in [-0.39, 0.29) is 24.2 Å². The standard InChI is InChI=1S/C44H62N6O6/c1-7-10-11-12-13-14-15-16-17-18-32-55-42(52)44(6,8-2)34-43(4,5)41(51)56-33-31-49(9-3)39-27-23-37(24-28-39)47-45-35-19-21-36(22-20-35)46-48-38-25-29-40(30-26-38)50(53)54/h19-30H,7-18,31-34H2,1-6H3/b47-45+,48-46+. The van der Waals surface area contributed by atoms with E-state index in [1.54, 1.807) is 24.3 Å². The van der Waals surface area contributed by atoms with E-state index in [1.165, 1.54) is 75.6 Å². The normalized spacial score (nSPS) is 12.8. The highest BCUT2D eigenvalue weighted by atomic mass is 16.6. The van der Waals surface area contributed by atoms with Gasteiger partial charge in [-0.2, -0.15) is 20.5 Å². The van der Waals surface area contributed by atoms with Gasteiger partial charge in [-0.1, -0.05) is 71.6 Å². The van der Waals surface area contributed by atoms with E-state index in [2.05, 4.69) is 32.3 Å². The molecule has 304 valence electrons. The molecule has 0 aromatic heterocycles.